The molecule has 0 bridgehead atoms. The highest BCUT2D eigenvalue weighted by Crippen LogP contribution is 2.08. The molecule has 1 saturated heterocycles. The molecule has 0 aliphatic carbocycles. The van der Waals surface area contributed by atoms with E-state index >= 15 is 0 Å². The van der Waals surface area contributed by atoms with E-state index in [9.17, 15) is 0 Å². The van der Waals surface area contributed by atoms with Gasteiger partial charge in [0.25, 0.3) is 0 Å². The zero-order valence-electron chi connectivity index (χ0n) is 9.36. The van der Waals surface area contributed by atoms with Crippen molar-refractivity contribution in [2.45, 2.75) is 32.5 Å². The van der Waals surface area contributed by atoms with Gasteiger partial charge in [-0.15, -0.1) is 10.2 Å². The maximum absolute atomic E-state index is 5.78. The molecule has 0 saturated carbocycles. The van der Waals surface area contributed by atoms with Gasteiger partial charge in [0.15, 0.2) is 5.82 Å². The Balaban J connectivity index is 1.84. The highest BCUT2D eigenvalue weighted by atomic mass is 16.5. The van der Waals surface area contributed by atoms with E-state index in [1.54, 1.807) is 0 Å². The van der Waals surface area contributed by atoms with Gasteiger partial charge < -0.3 is 14.6 Å². The Labute approximate surface area is 89.8 Å². The van der Waals surface area contributed by atoms with Crippen LogP contribution in [0, 0.1) is 6.92 Å². The molecule has 1 aromatic rings. The van der Waals surface area contributed by atoms with Crippen LogP contribution in [-0.2, 0) is 18.4 Å². The Morgan fingerprint density at radius 3 is 3.00 bits per heavy atom. The van der Waals surface area contributed by atoms with Crippen LogP contribution in [0.3, 0.4) is 0 Å². The number of aryl methyl sites for hydroxylation is 1. The van der Waals surface area contributed by atoms with Crippen molar-refractivity contribution in [3.63, 3.8) is 0 Å². The van der Waals surface area contributed by atoms with Crippen LogP contribution in [0.15, 0.2) is 0 Å². The third-order valence-electron chi connectivity index (χ3n) is 2.88. The molecule has 0 spiro atoms. The maximum atomic E-state index is 5.78. The number of hydrogen-bond donors (Lipinski definition) is 1. The number of hydrogen-bond acceptors (Lipinski definition) is 4. The van der Waals surface area contributed by atoms with E-state index in [1.807, 2.05) is 18.5 Å². The summed E-state index contributed by atoms with van der Waals surface area (Å²) in [7, 11) is 1.97. The molecule has 15 heavy (non-hydrogen) atoms. The Hall–Kier alpha value is -0.940. The van der Waals surface area contributed by atoms with Crippen molar-refractivity contribution in [2.75, 3.05) is 13.1 Å². The summed E-state index contributed by atoms with van der Waals surface area (Å²) < 4.78 is 7.75. The fourth-order valence-corrected chi connectivity index (χ4v) is 1.73. The van der Waals surface area contributed by atoms with Gasteiger partial charge in [-0.3, -0.25) is 0 Å². The van der Waals surface area contributed by atoms with E-state index in [1.165, 1.54) is 6.42 Å². The highest BCUT2D eigenvalue weighted by molar-refractivity contribution is 4.90. The van der Waals surface area contributed by atoms with Crippen molar-refractivity contribution in [2.24, 2.45) is 7.05 Å². The van der Waals surface area contributed by atoms with Gasteiger partial charge in [0, 0.05) is 13.6 Å². The molecule has 0 aromatic carbocycles. The number of ether oxygens (including phenoxy) is 1. The first-order valence-corrected chi connectivity index (χ1v) is 5.44. The van der Waals surface area contributed by atoms with Crippen LogP contribution in [0.25, 0.3) is 0 Å². The van der Waals surface area contributed by atoms with Crippen LogP contribution in [0.1, 0.15) is 24.5 Å². The molecule has 2 rings (SSSR count). The summed E-state index contributed by atoms with van der Waals surface area (Å²) in [4.78, 5) is 0. The van der Waals surface area contributed by atoms with Crippen molar-refractivity contribution in [1.82, 2.24) is 20.1 Å². The van der Waals surface area contributed by atoms with Gasteiger partial charge in [-0.05, 0) is 26.3 Å². The van der Waals surface area contributed by atoms with E-state index in [0.717, 1.165) is 31.2 Å². The predicted octanol–water partition coefficient (Wildman–Crippen LogP) is 0.392. The molecule has 0 amide bonds. The van der Waals surface area contributed by atoms with Crippen LogP contribution in [-0.4, -0.2) is 34.0 Å². The first-order valence-electron chi connectivity index (χ1n) is 5.44. The average molecular weight is 210 g/mol. The van der Waals surface area contributed by atoms with E-state index in [4.69, 9.17) is 4.74 Å². The summed E-state index contributed by atoms with van der Waals surface area (Å²) >= 11 is 0. The molecule has 1 N–H and O–H groups in total. The third-order valence-corrected chi connectivity index (χ3v) is 2.88. The summed E-state index contributed by atoms with van der Waals surface area (Å²) in [6.07, 6.45) is 2.67. The van der Waals surface area contributed by atoms with Crippen LogP contribution in [0.4, 0.5) is 0 Å². The van der Waals surface area contributed by atoms with Gasteiger partial charge >= 0.3 is 0 Å². The fraction of sp³-hybridized carbons (Fsp3) is 0.800. The predicted molar refractivity (Wildman–Crippen MR) is 56.4 cm³/mol. The standard InChI is InChI=1S/C10H18N4O/c1-8-12-13-10(14(8)2)7-15-9-4-3-5-11-6-9/h9,11H,3-7H2,1-2H3/t9-/m0/s1. The summed E-state index contributed by atoms with van der Waals surface area (Å²) in [6.45, 7) is 4.57. The molecule has 1 fully saturated rings. The van der Waals surface area contributed by atoms with E-state index in [2.05, 4.69) is 15.5 Å². The molecule has 1 aliphatic rings. The SMILES string of the molecule is Cc1nnc(CO[C@H]2CCCNC2)n1C. The van der Waals surface area contributed by atoms with Crippen molar-refractivity contribution in [3.8, 4) is 0 Å². The Kier molecular flexibility index (Phi) is 3.33. The van der Waals surface area contributed by atoms with Crippen molar-refractivity contribution in [3.05, 3.63) is 11.6 Å². The quantitative estimate of drug-likeness (QED) is 0.784. The molecular weight excluding hydrogens is 192 g/mol. The molecular formula is C10H18N4O. The number of rotatable bonds is 3. The summed E-state index contributed by atoms with van der Waals surface area (Å²) in [6, 6.07) is 0. The number of aromatic nitrogens is 3. The van der Waals surface area contributed by atoms with Crippen LogP contribution in [0.5, 0.6) is 0 Å². The molecule has 5 heteroatoms. The molecule has 1 aromatic heterocycles. The van der Waals surface area contributed by atoms with Gasteiger partial charge in [-0.25, -0.2) is 0 Å². The van der Waals surface area contributed by atoms with Crippen LogP contribution >= 0.6 is 0 Å². The minimum Gasteiger partial charge on any atom is -0.369 e. The van der Waals surface area contributed by atoms with E-state index in [-0.39, 0.29) is 0 Å². The minimum absolute atomic E-state index is 0.329. The first-order chi connectivity index (χ1) is 7.27. The molecule has 1 aliphatic heterocycles. The lowest BCUT2D eigenvalue weighted by Crippen LogP contribution is -2.35. The number of piperidine rings is 1. The topological polar surface area (TPSA) is 52.0 Å². The fourth-order valence-electron chi connectivity index (χ4n) is 1.73. The number of nitrogens with zero attached hydrogens (tertiary/aromatic N) is 3. The minimum atomic E-state index is 0.329. The lowest BCUT2D eigenvalue weighted by atomic mass is 10.1. The lowest BCUT2D eigenvalue weighted by Gasteiger charge is -2.22. The van der Waals surface area contributed by atoms with Gasteiger partial charge in [-0.2, -0.15) is 0 Å². The van der Waals surface area contributed by atoms with E-state index < -0.39 is 0 Å². The first kappa shape index (κ1) is 10.6. The molecule has 5 nitrogen and oxygen atoms in total. The molecule has 2 heterocycles. The van der Waals surface area contributed by atoms with Gasteiger partial charge in [0.2, 0.25) is 0 Å². The third kappa shape index (κ3) is 2.54. The van der Waals surface area contributed by atoms with Gasteiger partial charge in [-0.1, -0.05) is 0 Å². The molecule has 0 unspecified atom stereocenters. The maximum Gasteiger partial charge on any atom is 0.158 e. The normalized spacial score (nSPS) is 21.9. The second-order valence-electron chi connectivity index (χ2n) is 4.00. The second kappa shape index (κ2) is 4.72. The van der Waals surface area contributed by atoms with Crippen molar-refractivity contribution >= 4 is 0 Å². The van der Waals surface area contributed by atoms with Crippen molar-refractivity contribution in [1.29, 1.82) is 0 Å². The Morgan fingerprint density at radius 2 is 2.40 bits per heavy atom. The Morgan fingerprint density at radius 1 is 1.53 bits per heavy atom. The Bertz CT molecular complexity index is 317. The second-order valence-corrected chi connectivity index (χ2v) is 4.00. The highest BCUT2D eigenvalue weighted by Gasteiger charge is 2.14. The van der Waals surface area contributed by atoms with Gasteiger partial charge in [0.05, 0.1) is 6.10 Å². The van der Waals surface area contributed by atoms with Crippen molar-refractivity contribution < 1.29 is 4.74 Å². The average Bonchev–Trinajstić information content (AvgIpc) is 2.59. The molecule has 84 valence electrons. The lowest BCUT2D eigenvalue weighted by molar-refractivity contribution is 0.0206. The monoisotopic (exact) mass is 210 g/mol. The van der Waals surface area contributed by atoms with Crippen LogP contribution < -0.4 is 5.32 Å². The molecule has 1 atom stereocenters. The van der Waals surface area contributed by atoms with Gasteiger partial charge in [0.1, 0.15) is 12.4 Å². The summed E-state index contributed by atoms with van der Waals surface area (Å²) in [5.41, 5.74) is 0. The molecule has 0 radical (unpaired) electrons. The smallest absolute Gasteiger partial charge is 0.158 e. The summed E-state index contributed by atoms with van der Waals surface area (Å²) in [5.74, 6) is 1.83. The largest absolute Gasteiger partial charge is 0.369 e. The number of nitrogens with one attached hydrogen (secondary N) is 1. The zero-order chi connectivity index (χ0) is 10.7. The van der Waals surface area contributed by atoms with Crippen LogP contribution in [0.2, 0.25) is 0 Å². The summed E-state index contributed by atoms with van der Waals surface area (Å²) in [5, 5.41) is 11.4. The zero-order valence-corrected chi connectivity index (χ0v) is 9.36. The van der Waals surface area contributed by atoms with E-state index in [0.29, 0.717) is 12.7 Å².